The van der Waals surface area contributed by atoms with Crippen molar-refractivity contribution in [1.82, 2.24) is 9.97 Å². The largest absolute Gasteiger partial charge is 0.485 e. The van der Waals surface area contributed by atoms with E-state index in [-0.39, 0.29) is 0 Å². The molecule has 3 nitrogen and oxygen atoms in total. The third-order valence-corrected chi connectivity index (χ3v) is 4.34. The van der Waals surface area contributed by atoms with Gasteiger partial charge in [0.2, 0.25) is 0 Å². The summed E-state index contributed by atoms with van der Waals surface area (Å²) in [7, 11) is 0. The van der Waals surface area contributed by atoms with Crippen molar-refractivity contribution in [3.05, 3.63) is 102 Å². The van der Waals surface area contributed by atoms with Crippen molar-refractivity contribution in [1.29, 1.82) is 0 Å². The van der Waals surface area contributed by atoms with E-state index < -0.39 is 0 Å². The maximum absolute atomic E-state index is 6.17. The number of hydrogen-bond acceptors (Lipinski definition) is 3. The lowest BCUT2D eigenvalue weighted by Gasteiger charge is -2.15. The lowest BCUT2D eigenvalue weighted by molar-refractivity contribution is 0.303. The molecule has 0 aliphatic heterocycles. The molecule has 0 fully saturated rings. The van der Waals surface area contributed by atoms with Crippen molar-refractivity contribution in [2.45, 2.75) is 13.5 Å². The van der Waals surface area contributed by atoms with E-state index in [9.17, 15) is 0 Å². The number of nitrogens with zero attached hydrogens (tertiary/aromatic N) is 2. The number of aromatic nitrogens is 2. The number of aryl methyl sites for hydroxylation is 1. The third kappa shape index (κ3) is 3.87. The second kappa shape index (κ2) is 7.83. The molecule has 0 aliphatic rings. The monoisotopic (exact) mass is 352 g/mol. The van der Waals surface area contributed by atoms with Crippen LogP contribution < -0.4 is 4.74 Å². The predicted molar refractivity (Wildman–Crippen MR) is 108 cm³/mol. The van der Waals surface area contributed by atoms with E-state index in [1.165, 1.54) is 0 Å². The molecule has 4 aromatic rings. The highest BCUT2D eigenvalue weighted by Crippen LogP contribution is 2.33. The van der Waals surface area contributed by atoms with Gasteiger partial charge in [-0.2, -0.15) is 0 Å². The predicted octanol–water partition coefficient (Wildman–Crippen LogP) is 5.70. The van der Waals surface area contributed by atoms with E-state index in [2.05, 4.69) is 12.1 Å². The molecule has 0 radical (unpaired) electrons. The first-order valence-corrected chi connectivity index (χ1v) is 8.97. The van der Waals surface area contributed by atoms with Crippen molar-refractivity contribution in [2.24, 2.45) is 0 Å². The molecule has 132 valence electrons. The zero-order chi connectivity index (χ0) is 18.5. The Labute approximate surface area is 159 Å². The maximum Gasteiger partial charge on any atom is 0.167 e. The third-order valence-electron chi connectivity index (χ3n) is 4.34. The fourth-order valence-electron chi connectivity index (χ4n) is 2.97. The van der Waals surface area contributed by atoms with Crippen LogP contribution in [-0.4, -0.2) is 9.97 Å². The van der Waals surface area contributed by atoms with Crippen LogP contribution in [0.1, 0.15) is 11.3 Å². The Morgan fingerprint density at radius 3 is 1.85 bits per heavy atom. The topological polar surface area (TPSA) is 35.0 Å². The zero-order valence-corrected chi connectivity index (χ0v) is 15.2. The van der Waals surface area contributed by atoms with Gasteiger partial charge in [-0.1, -0.05) is 91.0 Å². The lowest BCUT2D eigenvalue weighted by atomic mass is 10.1. The van der Waals surface area contributed by atoms with Gasteiger partial charge in [-0.3, -0.25) is 0 Å². The van der Waals surface area contributed by atoms with Gasteiger partial charge >= 0.3 is 0 Å². The Morgan fingerprint density at radius 2 is 1.22 bits per heavy atom. The van der Waals surface area contributed by atoms with Gasteiger partial charge in [-0.15, -0.1) is 0 Å². The smallest absolute Gasteiger partial charge is 0.167 e. The Morgan fingerprint density at radius 1 is 0.667 bits per heavy atom. The molecular formula is C24H20N2O. The molecule has 0 amide bonds. The summed E-state index contributed by atoms with van der Waals surface area (Å²) in [4.78, 5) is 9.56. The fraction of sp³-hybridized carbons (Fsp3) is 0.0833. The molecule has 27 heavy (non-hydrogen) atoms. The van der Waals surface area contributed by atoms with Gasteiger partial charge in [0.25, 0.3) is 0 Å². The van der Waals surface area contributed by atoms with Gasteiger partial charge < -0.3 is 4.74 Å². The van der Waals surface area contributed by atoms with Gasteiger partial charge in [0, 0.05) is 11.1 Å². The van der Waals surface area contributed by atoms with Gasteiger partial charge in [-0.25, -0.2) is 9.97 Å². The van der Waals surface area contributed by atoms with Crippen molar-refractivity contribution in [3.63, 3.8) is 0 Å². The Hall–Kier alpha value is -3.46. The molecule has 0 atom stereocenters. The molecule has 0 spiro atoms. The van der Waals surface area contributed by atoms with Crippen LogP contribution in [0.3, 0.4) is 0 Å². The van der Waals surface area contributed by atoms with Crippen molar-refractivity contribution in [2.75, 3.05) is 0 Å². The average Bonchev–Trinajstić information content (AvgIpc) is 2.74. The van der Waals surface area contributed by atoms with Gasteiger partial charge in [0.1, 0.15) is 12.3 Å². The van der Waals surface area contributed by atoms with Crippen LogP contribution in [0.2, 0.25) is 0 Å². The standard InChI is InChI=1S/C24H20N2O/c1-18-23(27-17-19-11-5-2-6-12-19)22(20-13-7-3-8-14-20)26-24(25-18)21-15-9-4-10-16-21/h2-16H,17H2,1H3. The van der Waals surface area contributed by atoms with Gasteiger partial charge in [0.05, 0.1) is 5.69 Å². The molecule has 0 saturated carbocycles. The molecule has 1 heterocycles. The molecule has 0 N–H and O–H groups in total. The fourth-order valence-corrected chi connectivity index (χ4v) is 2.97. The van der Waals surface area contributed by atoms with Crippen LogP contribution in [0.25, 0.3) is 22.6 Å². The molecule has 0 aliphatic carbocycles. The van der Waals surface area contributed by atoms with E-state index in [0.29, 0.717) is 12.4 Å². The average molecular weight is 352 g/mol. The molecule has 1 aromatic heterocycles. The van der Waals surface area contributed by atoms with Crippen LogP contribution in [0, 0.1) is 6.92 Å². The van der Waals surface area contributed by atoms with Crippen LogP contribution in [0.4, 0.5) is 0 Å². The second-order valence-corrected chi connectivity index (χ2v) is 6.32. The minimum absolute atomic E-state index is 0.482. The van der Waals surface area contributed by atoms with Crippen LogP contribution in [-0.2, 0) is 6.61 Å². The molecule has 0 saturated heterocycles. The van der Waals surface area contributed by atoms with Crippen LogP contribution >= 0.6 is 0 Å². The Balaban J connectivity index is 1.77. The SMILES string of the molecule is Cc1nc(-c2ccccc2)nc(-c2ccccc2)c1OCc1ccccc1. The molecule has 0 unspecified atom stereocenters. The summed E-state index contributed by atoms with van der Waals surface area (Å²) in [6.07, 6.45) is 0. The molecule has 0 bridgehead atoms. The highest BCUT2D eigenvalue weighted by Gasteiger charge is 2.16. The Kier molecular flexibility index (Phi) is 4.93. The normalized spacial score (nSPS) is 10.6. The highest BCUT2D eigenvalue weighted by atomic mass is 16.5. The quantitative estimate of drug-likeness (QED) is 0.462. The van der Waals surface area contributed by atoms with Gasteiger partial charge in [0.15, 0.2) is 11.6 Å². The lowest BCUT2D eigenvalue weighted by Crippen LogP contribution is -2.04. The van der Waals surface area contributed by atoms with Gasteiger partial charge in [-0.05, 0) is 12.5 Å². The summed E-state index contributed by atoms with van der Waals surface area (Å²) in [5.74, 6) is 1.43. The number of hydrogen-bond donors (Lipinski definition) is 0. The van der Waals surface area contributed by atoms with E-state index in [4.69, 9.17) is 14.7 Å². The maximum atomic E-state index is 6.17. The number of ether oxygens (including phenoxy) is 1. The summed E-state index contributed by atoms with van der Waals surface area (Å²) in [5.41, 5.74) is 4.77. The van der Waals surface area contributed by atoms with Crippen molar-refractivity contribution in [3.8, 4) is 28.4 Å². The first-order chi connectivity index (χ1) is 13.3. The molecule has 4 rings (SSSR count). The van der Waals surface area contributed by atoms with E-state index >= 15 is 0 Å². The van der Waals surface area contributed by atoms with E-state index in [0.717, 1.165) is 33.8 Å². The molecule has 3 aromatic carbocycles. The summed E-state index contributed by atoms with van der Waals surface area (Å²) < 4.78 is 6.17. The van der Waals surface area contributed by atoms with E-state index in [1.807, 2.05) is 85.8 Å². The number of rotatable bonds is 5. The van der Waals surface area contributed by atoms with Crippen LogP contribution in [0.15, 0.2) is 91.0 Å². The van der Waals surface area contributed by atoms with Crippen molar-refractivity contribution < 1.29 is 4.74 Å². The summed E-state index contributed by atoms with van der Waals surface area (Å²) in [6, 6.07) is 30.3. The van der Waals surface area contributed by atoms with E-state index in [1.54, 1.807) is 0 Å². The molecule has 3 heteroatoms. The first-order valence-electron chi connectivity index (χ1n) is 8.97. The van der Waals surface area contributed by atoms with Crippen LogP contribution in [0.5, 0.6) is 5.75 Å². The zero-order valence-electron chi connectivity index (χ0n) is 15.2. The number of benzene rings is 3. The minimum Gasteiger partial charge on any atom is -0.485 e. The highest BCUT2D eigenvalue weighted by molar-refractivity contribution is 5.70. The minimum atomic E-state index is 0.482. The second-order valence-electron chi connectivity index (χ2n) is 6.32. The summed E-state index contributed by atoms with van der Waals surface area (Å²) in [6.45, 7) is 2.45. The summed E-state index contributed by atoms with van der Waals surface area (Å²) in [5, 5.41) is 0. The Bertz CT molecular complexity index is 1020. The summed E-state index contributed by atoms with van der Waals surface area (Å²) >= 11 is 0. The molecular weight excluding hydrogens is 332 g/mol. The first kappa shape index (κ1) is 17.0. The van der Waals surface area contributed by atoms with Crippen molar-refractivity contribution >= 4 is 0 Å².